The summed E-state index contributed by atoms with van der Waals surface area (Å²) in [5.41, 5.74) is 6.38. The van der Waals surface area contributed by atoms with Crippen LogP contribution in [-0.2, 0) is 0 Å². The molecule has 1 amide bonds. The number of halogens is 1. The van der Waals surface area contributed by atoms with Gasteiger partial charge in [0, 0.05) is 25.8 Å². The van der Waals surface area contributed by atoms with E-state index in [9.17, 15) is 4.79 Å². The minimum atomic E-state index is -0.227. The second-order valence-electron chi connectivity index (χ2n) is 4.25. The third kappa shape index (κ3) is 3.16. The smallest absolute Gasteiger partial charge is 0.273 e. The topological polar surface area (TPSA) is 81.3 Å². The predicted molar refractivity (Wildman–Crippen MR) is 76.0 cm³/mol. The molecular weight excluding hydrogens is 280 g/mol. The summed E-state index contributed by atoms with van der Waals surface area (Å²) in [4.78, 5) is 13.1. The van der Waals surface area contributed by atoms with Crippen molar-refractivity contribution >= 4 is 23.2 Å². The molecule has 20 heavy (non-hydrogen) atoms. The van der Waals surface area contributed by atoms with Gasteiger partial charge in [-0.1, -0.05) is 11.6 Å². The number of hydrogen-bond acceptors (Lipinski definition) is 5. The molecule has 0 bridgehead atoms. The van der Waals surface area contributed by atoms with Gasteiger partial charge < -0.3 is 15.4 Å². The maximum atomic E-state index is 11.7. The van der Waals surface area contributed by atoms with Crippen LogP contribution in [0.1, 0.15) is 10.5 Å². The van der Waals surface area contributed by atoms with E-state index in [0.717, 1.165) is 0 Å². The second-order valence-corrected chi connectivity index (χ2v) is 4.66. The van der Waals surface area contributed by atoms with Crippen molar-refractivity contribution in [3.63, 3.8) is 0 Å². The van der Waals surface area contributed by atoms with Crippen LogP contribution in [0.3, 0.4) is 0 Å². The fourth-order valence-corrected chi connectivity index (χ4v) is 1.66. The third-order valence-electron chi connectivity index (χ3n) is 2.44. The molecule has 1 aromatic carbocycles. The molecule has 0 unspecified atom stereocenters. The van der Waals surface area contributed by atoms with Crippen LogP contribution >= 0.6 is 11.6 Å². The SMILES string of the molecule is CN(C)C(=O)c1ccc(Oc2ccc(N)cc2Cl)nn1. The highest BCUT2D eigenvalue weighted by molar-refractivity contribution is 6.32. The summed E-state index contributed by atoms with van der Waals surface area (Å²) in [7, 11) is 3.28. The van der Waals surface area contributed by atoms with Crippen molar-refractivity contribution in [2.75, 3.05) is 19.8 Å². The van der Waals surface area contributed by atoms with Gasteiger partial charge >= 0.3 is 0 Å². The van der Waals surface area contributed by atoms with Crippen molar-refractivity contribution in [3.05, 3.63) is 41.0 Å². The molecule has 104 valence electrons. The Kier molecular flexibility index (Phi) is 4.05. The van der Waals surface area contributed by atoms with E-state index in [1.165, 1.54) is 11.0 Å². The van der Waals surface area contributed by atoms with Gasteiger partial charge in [0.25, 0.3) is 5.91 Å². The van der Waals surface area contributed by atoms with Gasteiger partial charge in [-0.05, 0) is 24.3 Å². The normalized spacial score (nSPS) is 10.2. The Morgan fingerprint density at radius 1 is 1.25 bits per heavy atom. The molecule has 0 aliphatic heterocycles. The molecule has 0 aliphatic carbocycles. The Balaban J connectivity index is 2.17. The van der Waals surface area contributed by atoms with Crippen LogP contribution in [-0.4, -0.2) is 35.1 Å². The Hall–Kier alpha value is -2.34. The fourth-order valence-electron chi connectivity index (χ4n) is 1.43. The maximum Gasteiger partial charge on any atom is 0.273 e. The summed E-state index contributed by atoms with van der Waals surface area (Å²) in [6, 6.07) is 7.97. The molecule has 1 aromatic heterocycles. The first-order valence-electron chi connectivity index (χ1n) is 5.75. The number of carbonyl (C=O) groups is 1. The van der Waals surface area contributed by atoms with E-state index in [1.807, 2.05) is 0 Å². The number of benzene rings is 1. The molecule has 0 aliphatic rings. The highest BCUT2D eigenvalue weighted by Gasteiger charge is 2.11. The van der Waals surface area contributed by atoms with Crippen LogP contribution in [0.25, 0.3) is 0 Å². The first-order chi connectivity index (χ1) is 9.47. The molecule has 7 heteroatoms. The van der Waals surface area contributed by atoms with Crippen LogP contribution in [0.2, 0.25) is 5.02 Å². The van der Waals surface area contributed by atoms with Gasteiger partial charge in [-0.2, -0.15) is 0 Å². The van der Waals surface area contributed by atoms with Gasteiger partial charge in [-0.3, -0.25) is 4.79 Å². The third-order valence-corrected chi connectivity index (χ3v) is 2.73. The van der Waals surface area contributed by atoms with Crippen LogP contribution in [0.5, 0.6) is 11.6 Å². The Bertz CT molecular complexity index is 629. The van der Waals surface area contributed by atoms with Crippen LogP contribution in [0.4, 0.5) is 5.69 Å². The number of carbonyl (C=O) groups excluding carboxylic acids is 1. The molecule has 2 N–H and O–H groups in total. The van der Waals surface area contributed by atoms with E-state index in [1.54, 1.807) is 38.4 Å². The van der Waals surface area contributed by atoms with E-state index < -0.39 is 0 Å². The molecule has 0 saturated carbocycles. The Morgan fingerprint density at radius 3 is 2.55 bits per heavy atom. The van der Waals surface area contributed by atoms with Crippen LogP contribution in [0, 0.1) is 0 Å². The summed E-state index contributed by atoms with van der Waals surface area (Å²) >= 11 is 5.99. The molecule has 2 aromatic rings. The molecule has 0 atom stereocenters. The van der Waals surface area contributed by atoms with Crippen molar-refractivity contribution in [1.29, 1.82) is 0 Å². The van der Waals surface area contributed by atoms with E-state index in [0.29, 0.717) is 16.5 Å². The van der Waals surface area contributed by atoms with Crippen molar-refractivity contribution in [1.82, 2.24) is 15.1 Å². The van der Waals surface area contributed by atoms with Crippen LogP contribution in [0.15, 0.2) is 30.3 Å². The van der Waals surface area contributed by atoms with E-state index >= 15 is 0 Å². The van der Waals surface area contributed by atoms with Crippen molar-refractivity contribution in [2.45, 2.75) is 0 Å². The van der Waals surface area contributed by atoms with E-state index in [4.69, 9.17) is 22.1 Å². The first kappa shape index (κ1) is 14.1. The zero-order chi connectivity index (χ0) is 14.7. The first-order valence-corrected chi connectivity index (χ1v) is 6.13. The summed E-state index contributed by atoms with van der Waals surface area (Å²) in [5, 5.41) is 8.02. The average Bonchev–Trinajstić information content (AvgIpc) is 2.42. The molecule has 0 fully saturated rings. The number of nitrogens with zero attached hydrogens (tertiary/aromatic N) is 3. The van der Waals surface area contributed by atoms with Crippen molar-refractivity contribution in [3.8, 4) is 11.6 Å². The molecule has 6 nitrogen and oxygen atoms in total. The van der Waals surface area contributed by atoms with Gasteiger partial charge in [-0.25, -0.2) is 0 Å². The molecule has 2 rings (SSSR count). The molecule has 0 radical (unpaired) electrons. The lowest BCUT2D eigenvalue weighted by atomic mass is 10.3. The van der Waals surface area contributed by atoms with Gasteiger partial charge in [0.15, 0.2) is 5.69 Å². The summed E-state index contributed by atoms with van der Waals surface area (Å²) < 4.78 is 5.47. The van der Waals surface area contributed by atoms with Gasteiger partial charge in [0.05, 0.1) is 5.02 Å². The largest absolute Gasteiger partial charge is 0.436 e. The standard InChI is InChI=1S/C13H13ClN4O2/c1-18(2)13(19)10-4-6-12(17-16-10)20-11-5-3-8(15)7-9(11)14/h3-7H,15H2,1-2H3. The fraction of sp³-hybridized carbons (Fsp3) is 0.154. The molecule has 0 spiro atoms. The highest BCUT2D eigenvalue weighted by atomic mass is 35.5. The lowest BCUT2D eigenvalue weighted by Crippen LogP contribution is -2.23. The van der Waals surface area contributed by atoms with Gasteiger partial charge in [0.2, 0.25) is 5.88 Å². The Morgan fingerprint density at radius 2 is 2.00 bits per heavy atom. The predicted octanol–water partition coefficient (Wildman–Crippen LogP) is 2.21. The molecule has 0 saturated heterocycles. The summed E-state index contributed by atoms with van der Waals surface area (Å²) in [6.45, 7) is 0. The molecule has 1 heterocycles. The number of amides is 1. The van der Waals surface area contributed by atoms with E-state index in [-0.39, 0.29) is 17.5 Å². The summed E-state index contributed by atoms with van der Waals surface area (Å²) in [6.07, 6.45) is 0. The van der Waals surface area contributed by atoms with Gasteiger partial charge in [0.1, 0.15) is 5.75 Å². The zero-order valence-corrected chi connectivity index (χ0v) is 11.8. The maximum absolute atomic E-state index is 11.7. The van der Waals surface area contributed by atoms with Crippen LogP contribution < -0.4 is 10.5 Å². The average molecular weight is 293 g/mol. The number of hydrogen-bond donors (Lipinski definition) is 1. The minimum absolute atomic E-state index is 0.227. The summed E-state index contributed by atoms with van der Waals surface area (Å²) in [5.74, 6) is 0.434. The lowest BCUT2D eigenvalue weighted by Gasteiger charge is -2.09. The van der Waals surface area contributed by atoms with Gasteiger partial charge in [-0.15, -0.1) is 10.2 Å². The number of nitrogen functional groups attached to an aromatic ring is 1. The van der Waals surface area contributed by atoms with E-state index in [2.05, 4.69) is 10.2 Å². The number of rotatable bonds is 3. The lowest BCUT2D eigenvalue weighted by molar-refractivity contribution is 0.0820. The zero-order valence-electron chi connectivity index (χ0n) is 11.0. The second kappa shape index (κ2) is 5.75. The number of ether oxygens (including phenoxy) is 1. The van der Waals surface area contributed by atoms with Crippen molar-refractivity contribution in [2.24, 2.45) is 0 Å². The number of nitrogens with two attached hydrogens (primary N) is 1. The highest BCUT2D eigenvalue weighted by Crippen LogP contribution is 2.29. The Labute approximate surface area is 121 Å². The minimum Gasteiger partial charge on any atom is -0.436 e. The monoisotopic (exact) mass is 292 g/mol. The number of aromatic nitrogens is 2. The molecular formula is C13H13ClN4O2. The number of anilines is 1. The quantitative estimate of drug-likeness (QED) is 0.877. The van der Waals surface area contributed by atoms with Crippen molar-refractivity contribution < 1.29 is 9.53 Å².